The number of hydrogen-bond donors (Lipinski definition) is 3. The third-order valence-corrected chi connectivity index (χ3v) is 6.22. The summed E-state index contributed by atoms with van der Waals surface area (Å²) in [7, 11) is 0. The molecule has 1 fully saturated rings. The van der Waals surface area contributed by atoms with E-state index < -0.39 is 0 Å². The molecule has 30 heavy (non-hydrogen) atoms. The van der Waals surface area contributed by atoms with Crippen molar-refractivity contribution in [1.82, 2.24) is 25.2 Å². The van der Waals surface area contributed by atoms with E-state index in [0.29, 0.717) is 17.9 Å². The second kappa shape index (κ2) is 10.6. The van der Waals surface area contributed by atoms with Crippen LogP contribution in [0.1, 0.15) is 96.4 Å². The number of nitrogen functional groups attached to an aromatic ring is 1. The average Bonchev–Trinajstić information content (AvgIpc) is 3.15. The fourth-order valence-electron chi connectivity index (χ4n) is 4.25. The number of unbranched alkanes of at least 4 members (excludes halogenated alkanes) is 2. The van der Waals surface area contributed by atoms with Gasteiger partial charge in [-0.15, -0.1) is 0 Å². The number of fused-ring (bicyclic) bond motifs is 1. The molecule has 2 atom stereocenters. The third-order valence-electron chi connectivity index (χ3n) is 6.22. The molecule has 0 bridgehead atoms. The zero-order valence-electron chi connectivity index (χ0n) is 19.0. The monoisotopic (exact) mass is 410 g/mol. The number of rotatable bonds is 9. The molecule has 0 unspecified atom stereocenters. The summed E-state index contributed by atoms with van der Waals surface area (Å²) in [4.78, 5) is 4.26. The zero-order valence-corrected chi connectivity index (χ0v) is 19.0. The molecule has 3 heterocycles. The Labute approximate surface area is 181 Å². The summed E-state index contributed by atoms with van der Waals surface area (Å²) >= 11 is 0. The molecule has 0 aliphatic carbocycles. The third kappa shape index (κ3) is 5.22. The van der Waals surface area contributed by atoms with E-state index in [1.165, 1.54) is 49.8 Å². The van der Waals surface area contributed by atoms with Crippen molar-refractivity contribution in [2.75, 3.05) is 5.73 Å². The molecule has 0 spiro atoms. The van der Waals surface area contributed by atoms with Gasteiger partial charge in [-0.05, 0) is 63.8 Å². The Kier molecular flexibility index (Phi) is 7.91. The Bertz CT molecular complexity index is 894. The van der Waals surface area contributed by atoms with E-state index in [4.69, 9.17) is 5.73 Å². The summed E-state index contributed by atoms with van der Waals surface area (Å²) in [6, 6.07) is 3.13. The van der Waals surface area contributed by atoms with Crippen LogP contribution in [0.15, 0.2) is 30.4 Å². The van der Waals surface area contributed by atoms with Gasteiger partial charge in [0.05, 0.1) is 5.69 Å². The lowest BCUT2D eigenvalue weighted by atomic mass is 9.93. The SMILES string of the molecule is CCCCC[C@@H]1CCC[C@H](c2cc(/C(C)=C/N/C=C(\C)CC)c3c(N)ncnn23)N1. The lowest BCUT2D eigenvalue weighted by Gasteiger charge is -2.31. The van der Waals surface area contributed by atoms with E-state index in [1.807, 2.05) is 16.9 Å². The molecule has 0 aromatic carbocycles. The summed E-state index contributed by atoms with van der Waals surface area (Å²) in [6.07, 6.45) is 15.4. The first-order valence-corrected chi connectivity index (χ1v) is 11.5. The Morgan fingerprint density at radius 3 is 2.87 bits per heavy atom. The molecule has 2 aromatic heterocycles. The Morgan fingerprint density at radius 2 is 2.10 bits per heavy atom. The van der Waals surface area contributed by atoms with Crippen LogP contribution in [0.3, 0.4) is 0 Å². The van der Waals surface area contributed by atoms with Crippen LogP contribution in [0, 0.1) is 0 Å². The number of hydrogen-bond acceptors (Lipinski definition) is 5. The van der Waals surface area contributed by atoms with Gasteiger partial charge in [-0.25, -0.2) is 9.50 Å². The van der Waals surface area contributed by atoms with Crippen molar-refractivity contribution in [3.8, 4) is 0 Å². The number of anilines is 1. The molecule has 1 saturated heterocycles. The minimum Gasteiger partial charge on any atom is -0.382 e. The van der Waals surface area contributed by atoms with Crippen LogP contribution in [-0.4, -0.2) is 20.6 Å². The van der Waals surface area contributed by atoms with Crippen LogP contribution in [-0.2, 0) is 0 Å². The number of nitrogens with zero attached hydrogens (tertiary/aromatic N) is 3. The summed E-state index contributed by atoms with van der Waals surface area (Å²) in [5.41, 5.74) is 11.9. The normalized spacial score (nSPS) is 20.7. The van der Waals surface area contributed by atoms with Gasteiger partial charge in [0.2, 0.25) is 0 Å². The van der Waals surface area contributed by atoms with Gasteiger partial charge in [0.25, 0.3) is 0 Å². The van der Waals surface area contributed by atoms with Crippen molar-refractivity contribution in [3.63, 3.8) is 0 Å². The molecule has 6 nitrogen and oxygen atoms in total. The van der Waals surface area contributed by atoms with Crippen molar-refractivity contribution < 1.29 is 0 Å². The van der Waals surface area contributed by atoms with Crippen molar-refractivity contribution in [1.29, 1.82) is 0 Å². The Morgan fingerprint density at radius 1 is 1.27 bits per heavy atom. The molecule has 164 valence electrons. The van der Waals surface area contributed by atoms with Crippen molar-refractivity contribution in [3.05, 3.63) is 41.6 Å². The zero-order chi connectivity index (χ0) is 21.5. The largest absolute Gasteiger partial charge is 0.382 e. The predicted octanol–water partition coefficient (Wildman–Crippen LogP) is 5.34. The highest BCUT2D eigenvalue weighted by Gasteiger charge is 2.26. The van der Waals surface area contributed by atoms with Gasteiger partial charge in [0.1, 0.15) is 11.8 Å². The number of allylic oxidation sites excluding steroid dienone is 2. The van der Waals surface area contributed by atoms with Gasteiger partial charge in [-0.3, -0.25) is 0 Å². The maximum Gasteiger partial charge on any atom is 0.151 e. The molecular formula is C24H38N6. The van der Waals surface area contributed by atoms with Crippen molar-refractivity contribution in [2.24, 2.45) is 0 Å². The highest BCUT2D eigenvalue weighted by molar-refractivity contribution is 5.84. The first-order valence-electron chi connectivity index (χ1n) is 11.5. The van der Waals surface area contributed by atoms with Crippen LogP contribution < -0.4 is 16.4 Å². The Hall–Kier alpha value is -2.34. The molecular weight excluding hydrogens is 372 g/mol. The molecule has 1 aliphatic rings. The van der Waals surface area contributed by atoms with E-state index in [1.54, 1.807) is 6.33 Å². The van der Waals surface area contributed by atoms with E-state index in [-0.39, 0.29) is 0 Å². The molecule has 0 saturated carbocycles. The molecule has 6 heteroatoms. The van der Waals surface area contributed by atoms with Gasteiger partial charge in [-0.1, -0.05) is 38.7 Å². The first kappa shape index (κ1) is 22.3. The first-order chi connectivity index (χ1) is 14.5. The number of piperidine rings is 1. The van der Waals surface area contributed by atoms with Gasteiger partial charge >= 0.3 is 0 Å². The summed E-state index contributed by atoms with van der Waals surface area (Å²) in [5.74, 6) is 0.523. The summed E-state index contributed by atoms with van der Waals surface area (Å²) < 4.78 is 1.99. The van der Waals surface area contributed by atoms with Crippen molar-refractivity contribution >= 4 is 16.9 Å². The Balaban J connectivity index is 1.89. The van der Waals surface area contributed by atoms with Gasteiger partial charge in [0.15, 0.2) is 5.82 Å². The number of nitrogens with two attached hydrogens (primary N) is 1. The maximum absolute atomic E-state index is 6.29. The fourth-order valence-corrected chi connectivity index (χ4v) is 4.25. The molecule has 0 radical (unpaired) electrons. The fraction of sp³-hybridized carbons (Fsp3) is 0.583. The minimum absolute atomic E-state index is 0.295. The van der Waals surface area contributed by atoms with Gasteiger partial charge in [-0.2, -0.15) is 5.10 Å². The van der Waals surface area contributed by atoms with Crippen LogP contribution >= 0.6 is 0 Å². The second-order valence-corrected chi connectivity index (χ2v) is 8.57. The van der Waals surface area contributed by atoms with Gasteiger partial charge in [0, 0.05) is 23.8 Å². The standard InChI is InChI=1S/C24H38N6/c1-5-7-8-10-19-11-9-12-21(29-19)22-13-20(18(4)15-26-14-17(3)6-2)23-24(25)27-16-28-30(22)23/h13-16,19,21,26,29H,5-12H2,1-4H3,(H2,25,27,28)/b17-14+,18-15+/t19-,21-/m1/s1. The van der Waals surface area contributed by atoms with E-state index in [0.717, 1.165) is 29.5 Å². The average molecular weight is 411 g/mol. The topological polar surface area (TPSA) is 80.3 Å². The molecule has 2 aromatic rings. The molecule has 1 aliphatic heterocycles. The maximum atomic E-state index is 6.29. The lowest BCUT2D eigenvalue weighted by Crippen LogP contribution is -2.37. The lowest BCUT2D eigenvalue weighted by molar-refractivity contribution is 0.300. The number of aromatic nitrogens is 3. The van der Waals surface area contributed by atoms with Crippen LogP contribution in [0.2, 0.25) is 0 Å². The van der Waals surface area contributed by atoms with Gasteiger partial charge < -0.3 is 16.4 Å². The van der Waals surface area contributed by atoms with Crippen LogP contribution in [0.4, 0.5) is 5.82 Å². The van der Waals surface area contributed by atoms with E-state index >= 15 is 0 Å². The van der Waals surface area contributed by atoms with Crippen LogP contribution in [0.25, 0.3) is 11.1 Å². The quantitative estimate of drug-likeness (QED) is 0.486. The molecule has 3 rings (SSSR count). The number of nitrogens with one attached hydrogen (secondary N) is 2. The van der Waals surface area contributed by atoms with E-state index in [2.05, 4.69) is 54.5 Å². The minimum atomic E-state index is 0.295. The highest BCUT2D eigenvalue weighted by Crippen LogP contribution is 2.33. The summed E-state index contributed by atoms with van der Waals surface area (Å²) in [5, 5.41) is 11.8. The smallest absolute Gasteiger partial charge is 0.151 e. The molecule has 0 amide bonds. The molecule has 4 N–H and O–H groups in total. The van der Waals surface area contributed by atoms with Crippen molar-refractivity contribution in [2.45, 2.75) is 91.1 Å². The predicted molar refractivity (Wildman–Crippen MR) is 126 cm³/mol. The summed E-state index contributed by atoms with van der Waals surface area (Å²) in [6.45, 7) is 8.65. The van der Waals surface area contributed by atoms with Crippen LogP contribution in [0.5, 0.6) is 0 Å². The van der Waals surface area contributed by atoms with E-state index in [9.17, 15) is 0 Å². The highest BCUT2D eigenvalue weighted by atomic mass is 15.3. The second-order valence-electron chi connectivity index (χ2n) is 8.57.